The lowest BCUT2D eigenvalue weighted by molar-refractivity contribution is 0.610. The quantitative estimate of drug-likeness (QED) is 0.851. The fourth-order valence-corrected chi connectivity index (χ4v) is 3.40. The molecule has 0 unspecified atom stereocenters. The van der Waals surface area contributed by atoms with Crippen molar-refractivity contribution in [2.45, 2.75) is 4.90 Å². The van der Waals surface area contributed by atoms with Gasteiger partial charge in [0.15, 0.2) is 0 Å². The van der Waals surface area contributed by atoms with Crippen LogP contribution in [-0.2, 0) is 9.05 Å². The Kier molecular flexibility index (Phi) is 3.36. The van der Waals surface area contributed by atoms with Gasteiger partial charge in [0.25, 0.3) is 9.05 Å². The van der Waals surface area contributed by atoms with Gasteiger partial charge in [-0.3, -0.25) is 0 Å². The summed E-state index contributed by atoms with van der Waals surface area (Å²) in [5, 5.41) is 7.28. The second-order valence-corrected chi connectivity index (χ2v) is 6.29. The molecule has 2 rings (SSSR count). The smallest absolute Gasteiger partial charge is 0.264 e. The predicted octanol–water partition coefficient (Wildman–Crippen LogP) is 2.85. The number of halogens is 1. The highest BCUT2D eigenvalue weighted by Crippen LogP contribution is 2.38. The van der Waals surface area contributed by atoms with Gasteiger partial charge in [-0.15, -0.1) is 0 Å². The summed E-state index contributed by atoms with van der Waals surface area (Å²) in [6, 6.07) is 9.11. The van der Waals surface area contributed by atoms with E-state index in [-0.39, 0.29) is 4.90 Å². The van der Waals surface area contributed by atoms with Crippen LogP contribution in [0.5, 0.6) is 0 Å². The van der Waals surface area contributed by atoms with E-state index in [0.717, 1.165) is 5.39 Å². The molecule has 0 fully saturated rings. The van der Waals surface area contributed by atoms with Gasteiger partial charge in [-0.25, -0.2) is 8.42 Å². The Bertz CT molecular complexity index is 699. The first-order chi connectivity index (χ1) is 8.49. The van der Waals surface area contributed by atoms with Crippen molar-refractivity contribution in [3.05, 3.63) is 30.3 Å². The zero-order valence-electron chi connectivity index (χ0n) is 9.99. The Morgan fingerprint density at radius 3 is 2.33 bits per heavy atom. The van der Waals surface area contributed by atoms with Gasteiger partial charge in [0.2, 0.25) is 0 Å². The molecule has 0 saturated heterocycles. The molecule has 0 aromatic heterocycles. The summed E-state index contributed by atoms with van der Waals surface area (Å²) in [7, 11) is 5.11. The summed E-state index contributed by atoms with van der Waals surface area (Å²) in [5.74, 6) is 0. The molecule has 0 bridgehead atoms. The van der Waals surface area contributed by atoms with E-state index in [1.807, 2.05) is 18.2 Å². The average Bonchev–Trinajstić information content (AvgIpc) is 2.34. The summed E-state index contributed by atoms with van der Waals surface area (Å²) >= 11 is 0. The van der Waals surface area contributed by atoms with Crippen LogP contribution < -0.4 is 10.6 Å². The third-order valence-corrected chi connectivity index (χ3v) is 4.14. The molecule has 18 heavy (non-hydrogen) atoms. The Balaban J connectivity index is 3.01. The minimum atomic E-state index is -3.84. The van der Waals surface area contributed by atoms with Gasteiger partial charge in [-0.2, -0.15) is 0 Å². The Hall–Kier alpha value is -1.46. The highest BCUT2D eigenvalue weighted by atomic mass is 35.7. The number of benzene rings is 2. The normalized spacial score (nSPS) is 11.5. The van der Waals surface area contributed by atoms with Crippen LogP contribution in [0.2, 0.25) is 0 Å². The second kappa shape index (κ2) is 4.66. The molecular formula is C12H13ClN2O2S. The standard InChI is InChI=1S/C12H13ClN2O2S/c1-14-10-7-8-5-3-4-6-9(8)12(11(10)15-2)18(13,16)17/h3-7,14-15H,1-2H3. The fourth-order valence-electron chi connectivity index (χ4n) is 2.01. The monoisotopic (exact) mass is 284 g/mol. The third kappa shape index (κ3) is 2.11. The molecule has 0 aliphatic rings. The first-order valence-corrected chi connectivity index (χ1v) is 7.66. The van der Waals surface area contributed by atoms with Crippen molar-refractivity contribution >= 4 is 41.9 Å². The van der Waals surface area contributed by atoms with E-state index in [4.69, 9.17) is 10.7 Å². The van der Waals surface area contributed by atoms with Crippen molar-refractivity contribution in [1.29, 1.82) is 0 Å². The molecule has 0 saturated carbocycles. The van der Waals surface area contributed by atoms with Gasteiger partial charge in [0.05, 0.1) is 11.4 Å². The van der Waals surface area contributed by atoms with Crippen LogP contribution in [0.4, 0.5) is 11.4 Å². The zero-order valence-corrected chi connectivity index (χ0v) is 11.6. The molecule has 0 aliphatic heterocycles. The van der Waals surface area contributed by atoms with Crippen molar-refractivity contribution in [3.8, 4) is 0 Å². The second-order valence-electron chi connectivity index (χ2n) is 3.79. The highest BCUT2D eigenvalue weighted by molar-refractivity contribution is 8.14. The number of anilines is 2. The maximum atomic E-state index is 11.8. The maximum absolute atomic E-state index is 11.8. The minimum absolute atomic E-state index is 0.106. The SMILES string of the molecule is CNc1cc2ccccc2c(S(=O)(=O)Cl)c1NC. The molecule has 2 N–H and O–H groups in total. The molecule has 2 aromatic carbocycles. The Labute approximate surface area is 110 Å². The summed E-state index contributed by atoms with van der Waals surface area (Å²) in [5.41, 5.74) is 1.17. The highest BCUT2D eigenvalue weighted by Gasteiger charge is 2.21. The van der Waals surface area contributed by atoms with E-state index in [1.54, 1.807) is 26.2 Å². The van der Waals surface area contributed by atoms with Gasteiger partial charge in [-0.05, 0) is 11.5 Å². The van der Waals surface area contributed by atoms with Gasteiger partial charge in [0.1, 0.15) is 4.90 Å². The molecule has 0 radical (unpaired) electrons. The van der Waals surface area contributed by atoms with Crippen LogP contribution >= 0.6 is 10.7 Å². The van der Waals surface area contributed by atoms with Crippen molar-refractivity contribution < 1.29 is 8.42 Å². The number of hydrogen-bond acceptors (Lipinski definition) is 4. The van der Waals surface area contributed by atoms with E-state index in [9.17, 15) is 8.42 Å². The van der Waals surface area contributed by atoms with Gasteiger partial charge < -0.3 is 10.6 Å². The third-order valence-electron chi connectivity index (χ3n) is 2.76. The van der Waals surface area contributed by atoms with E-state index in [2.05, 4.69) is 10.6 Å². The maximum Gasteiger partial charge on any atom is 0.264 e. The van der Waals surface area contributed by atoms with Crippen LogP contribution in [0.3, 0.4) is 0 Å². The number of rotatable bonds is 3. The number of nitrogens with one attached hydrogen (secondary N) is 2. The lowest BCUT2D eigenvalue weighted by atomic mass is 10.1. The van der Waals surface area contributed by atoms with Crippen LogP contribution in [-0.4, -0.2) is 22.5 Å². The first kappa shape index (κ1) is 13.0. The molecule has 0 atom stereocenters. The van der Waals surface area contributed by atoms with Crippen molar-refractivity contribution in [2.24, 2.45) is 0 Å². The van der Waals surface area contributed by atoms with E-state index in [1.165, 1.54) is 0 Å². The molecule has 6 heteroatoms. The molecular weight excluding hydrogens is 272 g/mol. The van der Waals surface area contributed by atoms with Crippen LogP contribution in [0.15, 0.2) is 35.2 Å². The molecule has 0 heterocycles. The number of hydrogen-bond donors (Lipinski definition) is 2. The Morgan fingerprint density at radius 2 is 1.78 bits per heavy atom. The summed E-state index contributed by atoms with van der Waals surface area (Å²) in [4.78, 5) is 0.106. The first-order valence-electron chi connectivity index (χ1n) is 5.35. The van der Waals surface area contributed by atoms with Crippen LogP contribution in [0.1, 0.15) is 0 Å². The van der Waals surface area contributed by atoms with Gasteiger partial charge in [0, 0.05) is 30.2 Å². The van der Waals surface area contributed by atoms with E-state index < -0.39 is 9.05 Å². The van der Waals surface area contributed by atoms with Crippen LogP contribution in [0, 0.1) is 0 Å². The summed E-state index contributed by atoms with van der Waals surface area (Å²) in [6.45, 7) is 0. The molecule has 0 amide bonds. The van der Waals surface area contributed by atoms with Crippen molar-refractivity contribution in [3.63, 3.8) is 0 Å². The van der Waals surface area contributed by atoms with Gasteiger partial charge >= 0.3 is 0 Å². The molecule has 4 nitrogen and oxygen atoms in total. The van der Waals surface area contributed by atoms with Crippen molar-refractivity contribution in [1.82, 2.24) is 0 Å². The average molecular weight is 285 g/mol. The minimum Gasteiger partial charge on any atom is -0.386 e. The van der Waals surface area contributed by atoms with E-state index in [0.29, 0.717) is 16.8 Å². The fraction of sp³-hybridized carbons (Fsp3) is 0.167. The lowest BCUT2D eigenvalue weighted by Crippen LogP contribution is -2.04. The molecule has 0 spiro atoms. The predicted molar refractivity (Wildman–Crippen MR) is 76.1 cm³/mol. The Morgan fingerprint density at radius 1 is 1.11 bits per heavy atom. The molecule has 96 valence electrons. The lowest BCUT2D eigenvalue weighted by Gasteiger charge is -2.15. The largest absolute Gasteiger partial charge is 0.386 e. The van der Waals surface area contributed by atoms with Crippen LogP contribution in [0.25, 0.3) is 10.8 Å². The van der Waals surface area contributed by atoms with Crippen molar-refractivity contribution in [2.75, 3.05) is 24.7 Å². The summed E-state index contributed by atoms with van der Waals surface area (Å²) < 4.78 is 23.6. The van der Waals surface area contributed by atoms with E-state index >= 15 is 0 Å². The molecule has 0 aliphatic carbocycles. The zero-order chi connectivity index (χ0) is 13.3. The number of fused-ring (bicyclic) bond motifs is 1. The molecule has 2 aromatic rings. The summed E-state index contributed by atoms with van der Waals surface area (Å²) in [6.07, 6.45) is 0. The van der Waals surface area contributed by atoms with Gasteiger partial charge in [-0.1, -0.05) is 24.3 Å². The topological polar surface area (TPSA) is 58.2 Å².